The summed E-state index contributed by atoms with van der Waals surface area (Å²) in [6, 6.07) is 18.3. The SMILES string of the molecule is CCOc1ccccc1N(CC(=O)Nc1cccc(C(=O)OC)c1)S(=O)(=O)c1ccc(Cl)cc1. The third-order valence-electron chi connectivity index (χ3n) is 4.69. The molecule has 0 heterocycles. The second-order valence-corrected chi connectivity index (χ2v) is 9.29. The largest absolute Gasteiger partial charge is 0.492 e. The lowest BCUT2D eigenvalue weighted by Crippen LogP contribution is -2.38. The van der Waals surface area contributed by atoms with Gasteiger partial charge in [0, 0.05) is 10.7 Å². The van der Waals surface area contributed by atoms with E-state index in [2.05, 4.69) is 5.32 Å². The van der Waals surface area contributed by atoms with E-state index in [-0.39, 0.29) is 16.1 Å². The first-order valence-corrected chi connectivity index (χ1v) is 12.1. The first-order valence-electron chi connectivity index (χ1n) is 10.2. The van der Waals surface area contributed by atoms with Gasteiger partial charge in [-0.05, 0) is 61.5 Å². The van der Waals surface area contributed by atoms with Crippen LogP contribution in [0.1, 0.15) is 17.3 Å². The fourth-order valence-electron chi connectivity index (χ4n) is 3.15. The monoisotopic (exact) mass is 502 g/mol. The van der Waals surface area contributed by atoms with Crippen LogP contribution in [0.5, 0.6) is 5.75 Å². The zero-order valence-electron chi connectivity index (χ0n) is 18.5. The molecule has 0 saturated heterocycles. The van der Waals surface area contributed by atoms with E-state index in [1.54, 1.807) is 43.3 Å². The molecule has 0 atom stereocenters. The molecular formula is C24H23ClN2O6S. The summed E-state index contributed by atoms with van der Waals surface area (Å²) in [5.74, 6) is -0.873. The van der Waals surface area contributed by atoms with Crippen LogP contribution in [0.4, 0.5) is 11.4 Å². The van der Waals surface area contributed by atoms with Gasteiger partial charge in [-0.25, -0.2) is 13.2 Å². The highest BCUT2D eigenvalue weighted by molar-refractivity contribution is 7.92. The van der Waals surface area contributed by atoms with E-state index in [1.165, 1.54) is 43.5 Å². The van der Waals surface area contributed by atoms with Gasteiger partial charge in [0.2, 0.25) is 5.91 Å². The molecule has 3 aromatic rings. The fraction of sp³-hybridized carbons (Fsp3) is 0.167. The maximum Gasteiger partial charge on any atom is 0.337 e. The van der Waals surface area contributed by atoms with Crippen LogP contribution in [0, 0.1) is 0 Å². The highest BCUT2D eigenvalue weighted by atomic mass is 35.5. The van der Waals surface area contributed by atoms with E-state index in [1.807, 2.05) is 0 Å². The molecule has 0 bridgehead atoms. The Labute approximate surface area is 203 Å². The van der Waals surface area contributed by atoms with Gasteiger partial charge in [-0.1, -0.05) is 29.8 Å². The van der Waals surface area contributed by atoms with E-state index >= 15 is 0 Å². The Morgan fingerprint density at radius 1 is 1.00 bits per heavy atom. The van der Waals surface area contributed by atoms with Gasteiger partial charge in [-0.2, -0.15) is 0 Å². The van der Waals surface area contributed by atoms with Gasteiger partial charge in [-0.15, -0.1) is 0 Å². The third kappa shape index (κ3) is 5.86. The molecule has 34 heavy (non-hydrogen) atoms. The van der Waals surface area contributed by atoms with Gasteiger partial charge in [-0.3, -0.25) is 9.10 Å². The van der Waals surface area contributed by atoms with Crippen LogP contribution < -0.4 is 14.4 Å². The normalized spacial score (nSPS) is 10.9. The van der Waals surface area contributed by atoms with Gasteiger partial charge in [0.05, 0.1) is 29.9 Å². The molecule has 0 saturated carbocycles. The first-order chi connectivity index (χ1) is 16.3. The van der Waals surface area contributed by atoms with E-state index in [4.69, 9.17) is 21.1 Å². The molecule has 1 N–H and O–H groups in total. The lowest BCUT2D eigenvalue weighted by molar-refractivity contribution is -0.114. The zero-order valence-corrected chi connectivity index (χ0v) is 20.1. The number of methoxy groups -OCH3 is 1. The van der Waals surface area contributed by atoms with Crippen molar-refractivity contribution in [1.82, 2.24) is 0 Å². The Balaban J connectivity index is 1.97. The van der Waals surface area contributed by atoms with Crippen LogP contribution in [-0.2, 0) is 19.6 Å². The summed E-state index contributed by atoms with van der Waals surface area (Å²) < 4.78 is 38.4. The maximum absolute atomic E-state index is 13.6. The second kappa shape index (κ2) is 11.0. The van der Waals surface area contributed by atoms with Crippen molar-refractivity contribution < 1.29 is 27.5 Å². The van der Waals surface area contributed by atoms with E-state index < -0.39 is 28.4 Å². The van der Waals surface area contributed by atoms with Crippen molar-refractivity contribution in [1.29, 1.82) is 0 Å². The molecule has 0 radical (unpaired) electrons. The molecular weight excluding hydrogens is 480 g/mol. The van der Waals surface area contributed by atoms with Crippen LogP contribution in [0.3, 0.4) is 0 Å². The van der Waals surface area contributed by atoms with Crippen LogP contribution >= 0.6 is 11.6 Å². The average Bonchev–Trinajstić information content (AvgIpc) is 2.83. The lowest BCUT2D eigenvalue weighted by Gasteiger charge is -2.26. The topological polar surface area (TPSA) is 102 Å². The number of benzene rings is 3. The van der Waals surface area contributed by atoms with E-state index in [9.17, 15) is 18.0 Å². The molecule has 178 valence electrons. The van der Waals surface area contributed by atoms with Gasteiger partial charge < -0.3 is 14.8 Å². The summed E-state index contributed by atoms with van der Waals surface area (Å²) in [7, 11) is -2.91. The third-order valence-corrected chi connectivity index (χ3v) is 6.72. The molecule has 8 nitrogen and oxygen atoms in total. The summed E-state index contributed by atoms with van der Waals surface area (Å²) in [6.45, 7) is 1.53. The summed E-state index contributed by atoms with van der Waals surface area (Å²) in [5, 5.41) is 3.01. The Bertz CT molecular complexity index is 1280. The predicted molar refractivity (Wildman–Crippen MR) is 130 cm³/mol. The summed E-state index contributed by atoms with van der Waals surface area (Å²) in [6.07, 6.45) is 0. The zero-order chi connectivity index (χ0) is 24.7. The number of amides is 1. The molecule has 0 aromatic heterocycles. The number of hydrogen-bond donors (Lipinski definition) is 1. The predicted octanol–water partition coefficient (Wildman–Crippen LogP) is 4.36. The molecule has 1 amide bonds. The standard InChI is InChI=1S/C24H23ClN2O6S/c1-3-33-22-10-5-4-9-21(22)27(34(30,31)20-13-11-18(25)12-14-20)16-23(28)26-19-8-6-7-17(15-19)24(29)32-2/h4-15H,3,16H2,1-2H3,(H,26,28). The number of rotatable bonds is 9. The minimum absolute atomic E-state index is 0.0382. The van der Waals surface area contributed by atoms with Crippen molar-refractivity contribution in [2.45, 2.75) is 11.8 Å². The van der Waals surface area contributed by atoms with Gasteiger partial charge in [0.25, 0.3) is 10.0 Å². The van der Waals surface area contributed by atoms with Crippen LogP contribution in [-0.4, -0.2) is 40.6 Å². The van der Waals surface area contributed by atoms with Crippen LogP contribution in [0.25, 0.3) is 0 Å². The number of nitrogens with one attached hydrogen (secondary N) is 1. The molecule has 3 aromatic carbocycles. The number of anilines is 2. The number of carbonyl (C=O) groups is 2. The Morgan fingerprint density at radius 2 is 1.71 bits per heavy atom. The van der Waals surface area contributed by atoms with Crippen molar-refractivity contribution in [3.8, 4) is 5.75 Å². The summed E-state index contributed by atoms with van der Waals surface area (Å²) in [5.41, 5.74) is 0.764. The van der Waals surface area contributed by atoms with Crippen molar-refractivity contribution >= 4 is 44.9 Å². The van der Waals surface area contributed by atoms with Crippen LogP contribution in [0.2, 0.25) is 5.02 Å². The Kier molecular flexibility index (Phi) is 8.14. The van der Waals surface area contributed by atoms with Gasteiger partial charge in [0.15, 0.2) is 0 Å². The van der Waals surface area contributed by atoms with E-state index in [0.717, 1.165) is 4.31 Å². The molecule has 0 aliphatic heterocycles. The lowest BCUT2D eigenvalue weighted by atomic mass is 10.2. The minimum atomic E-state index is -4.16. The summed E-state index contributed by atoms with van der Waals surface area (Å²) in [4.78, 5) is 24.7. The molecule has 0 spiro atoms. The van der Waals surface area contributed by atoms with Crippen molar-refractivity contribution in [3.63, 3.8) is 0 Å². The molecule has 0 unspecified atom stereocenters. The fourth-order valence-corrected chi connectivity index (χ4v) is 4.70. The highest BCUT2D eigenvalue weighted by Gasteiger charge is 2.29. The molecule has 0 aliphatic rings. The number of sulfonamides is 1. The van der Waals surface area contributed by atoms with Crippen molar-refractivity contribution in [3.05, 3.63) is 83.4 Å². The minimum Gasteiger partial charge on any atom is -0.492 e. The second-order valence-electron chi connectivity index (χ2n) is 6.99. The Hall–Kier alpha value is -3.56. The van der Waals surface area contributed by atoms with Crippen molar-refractivity contribution in [2.75, 3.05) is 29.9 Å². The highest BCUT2D eigenvalue weighted by Crippen LogP contribution is 2.32. The smallest absolute Gasteiger partial charge is 0.337 e. The number of hydrogen-bond acceptors (Lipinski definition) is 6. The number of ether oxygens (including phenoxy) is 2. The number of halogens is 1. The molecule has 3 rings (SSSR count). The number of para-hydroxylation sites is 2. The van der Waals surface area contributed by atoms with Gasteiger partial charge >= 0.3 is 5.97 Å². The molecule has 0 fully saturated rings. The quantitative estimate of drug-likeness (QED) is 0.436. The average molecular weight is 503 g/mol. The molecule has 0 aliphatic carbocycles. The Morgan fingerprint density at radius 3 is 2.38 bits per heavy atom. The number of carbonyl (C=O) groups excluding carboxylic acids is 2. The summed E-state index contributed by atoms with van der Waals surface area (Å²) >= 11 is 5.92. The maximum atomic E-state index is 13.6. The number of nitrogens with zero attached hydrogens (tertiary/aromatic N) is 1. The van der Waals surface area contributed by atoms with Gasteiger partial charge in [0.1, 0.15) is 12.3 Å². The first kappa shape index (κ1) is 25.1. The number of esters is 1. The van der Waals surface area contributed by atoms with Crippen LogP contribution in [0.15, 0.2) is 77.7 Å². The van der Waals surface area contributed by atoms with E-state index in [0.29, 0.717) is 23.1 Å². The molecule has 10 heteroatoms. The van der Waals surface area contributed by atoms with Crippen molar-refractivity contribution in [2.24, 2.45) is 0 Å².